The van der Waals surface area contributed by atoms with Crippen LogP contribution in [-0.2, 0) is 4.79 Å². The van der Waals surface area contributed by atoms with Crippen LogP contribution in [0.3, 0.4) is 0 Å². The molecule has 0 bridgehead atoms. The van der Waals surface area contributed by atoms with Gasteiger partial charge in [0.15, 0.2) is 0 Å². The van der Waals surface area contributed by atoms with E-state index < -0.39 is 0 Å². The van der Waals surface area contributed by atoms with Crippen molar-refractivity contribution in [2.24, 2.45) is 5.92 Å². The Bertz CT molecular complexity index is 977. The minimum Gasteiger partial charge on any atom is -0.309 e. The molecule has 0 amide bonds. The van der Waals surface area contributed by atoms with E-state index in [9.17, 15) is 4.79 Å². The van der Waals surface area contributed by atoms with Crippen molar-refractivity contribution in [1.82, 2.24) is 4.90 Å². The van der Waals surface area contributed by atoms with Crippen molar-refractivity contribution in [2.75, 3.05) is 20.6 Å². The summed E-state index contributed by atoms with van der Waals surface area (Å²) in [6.07, 6.45) is 57.2. The van der Waals surface area contributed by atoms with Crippen molar-refractivity contribution in [2.45, 2.75) is 162 Å². The van der Waals surface area contributed by atoms with E-state index in [1.165, 1.54) is 70.6 Å². The zero-order chi connectivity index (χ0) is 35.0. The van der Waals surface area contributed by atoms with E-state index in [0.717, 1.165) is 83.6 Å². The van der Waals surface area contributed by atoms with Crippen LogP contribution in [0.1, 0.15) is 162 Å². The van der Waals surface area contributed by atoms with Crippen molar-refractivity contribution in [3.63, 3.8) is 0 Å². The molecule has 0 saturated heterocycles. The van der Waals surface area contributed by atoms with Gasteiger partial charge in [-0.3, -0.25) is 4.79 Å². The number of nitrogens with zero attached hydrogens (tertiary/aromatic N) is 1. The molecule has 0 rings (SSSR count). The SMILES string of the molecule is C/C=C/CCC/C=C\C/C=C\CCCCC/C=C/CC(CC/C=C/CCCCC/C=C\CC#C/C=C/CCC)C(=O)CCCCN(C)C. The Hall–Kier alpha value is -2.63. The van der Waals surface area contributed by atoms with E-state index in [1.807, 2.05) is 6.08 Å². The first-order chi connectivity index (χ1) is 23.6. The number of hydrogen-bond acceptors (Lipinski definition) is 2. The van der Waals surface area contributed by atoms with E-state index in [-0.39, 0.29) is 5.92 Å². The van der Waals surface area contributed by atoms with Crippen LogP contribution >= 0.6 is 0 Å². The van der Waals surface area contributed by atoms with Gasteiger partial charge in [-0.05, 0) is 149 Å². The topological polar surface area (TPSA) is 20.3 Å². The molecule has 1 unspecified atom stereocenters. The maximum atomic E-state index is 13.1. The fourth-order valence-electron chi connectivity index (χ4n) is 5.37. The summed E-state index contributed by atoms with van der Waals surface area (Å²) in [5, 5.41) is 0. The van der Waals surface area contributed by atoms with Gasteiger partial charge >= 0.3 is 0 Å². The number of ketones is 1. The molecule has 0 aliphatic carbocycles. The second-order valence-electron chi connectivity index (χ2n) is 13.3. The van der Waals surface area contributed by atoms with E-state index in [2.05, 4.69) is 124 Å². The third-order valence-electron chi connectivity index (χ3n) is 8.38. The molecule has 2 heteroatoms. The molecule has 0 heterocycles. The largest absolute Gasteiger partial charge is 0.309 e. The van der Waals surface area contributed by atoms with Crippen molar-refractivity contribution >= 4 is 5.78 Å². The molecule has 0 N–H and O–H groups in total. The average molecular weight is 658 g/mol. The van der Waals surface area contributed by atoms with E-state index in [0.29, 0.717) is 5.78 Å². The van der Waals surface area contributed by atoms with E-state index in [1.54, 1.807) is 0 Å². The van der Waals surface area contributed by atoms with Gasteiger partial charge in [0.1, 0.15) is 5.78 Å². The molecule has 1 atom stereocenters. The molecule has 0 spiro atoms. The summed E-state index contributed by atoms with van der Waals surface area (Å²) in [5.41, 5.74) is 0. The van der Waals surface area contributed by atoms with Gasteiger partial charge < -0.3 is 4.90 Å². The predicted molar refractivity (Wildman–Crippen MR) is 216 cm³/mol. The summed E-state index contributed by atoms with van der Waals surface area (Å²) in [7, 11) is 4.21. The zero-order valence-electron chi connectivity index (χ0n) is 32.0. The molecular formula is C46H75NO. The van der Waals surface area contributed by atoms with Gasteiger partial charge in [-0.15, -0.1) is 0 Å². The third-order valence-corrected chi connectivity index (χ3v) is 8.38. The van der Waals surface area contributed by atoms with Crippen molar-refractivity contribution in [3.05, 3.63) is 85.1 Å². The van der Waals surface area contributed by atoms with Gasteiger partial charge in [0.25, 0.3) is 0 Å². The average Bonchev–Trinajstić information content (AvgIpc) is 3.08. The molecule has 0 radical (unpaired) electrons. The molecule has 0 fully saturated rings. The normalized spacial score (nSPS) is 13.2. The number of allylic oxidation sites excluding steroid dienone is 14. The first-order valence-corrected chi connectivity index (χ1v) is 19.8. The number of hydrogen-bond donors (Lipinski definition) is 0. The highest BCUT2D eigenvalue weighted by Gasteiger charge is 2.15. The monoisotopic (exact) mass is 658 g/mol. The fourth-order valence-corrected chi connectivity index (χ4v) is 5.37. The van der Waals surface area contributed by atoms with Gasteiger partial charge in [-0.1, -0.05) is 117 Å². The van der Waals surface area contributed by atoms with E-state index >= 15 is 0 Å². The van der Waals surface area contributed by atoms with Crippen LogP contribution in [0.4, 0.5) is 0 Å². The fraction of sp³-hybridized carbons (Fsp3) is 0.630. The molecule has 0 aromatic carbocycles. The first kappa shape index (κ1) is 45.4. The Morgan fingerprint density at radius 3 is 1.83 bits per heavy atom. The standard InChI is InChI=1S/C46H75NO/c1-5-7-9-11-13-15-17-19-21-23-25-27-29-31-33-35-37-41-45(46(48)43-39-40-44-47(3)4)42-38-36-34-32-30-28-26-24-22-20-18-16-14-12-10-8-6-2/h5,7,10,12,15,17,20-23,34-37,45H,6,8-9,11,13,18-19,24-33,38-44H2,1-4H3/b7-5+,12-10+,17-15-,22-20-,23-21-,36-34+,37-35+. The quantitative estimate of drug-likeness (QED) is 0.0408. The van der Waals surface area contributed by atoms with Gasteiger partial charge in [0.2, 0.25) is 0 Å². The molecule has 0 aliphatic rings. The molecular weight excluding hydrogens is 583 g/mol. The number of unbranched alkanes of at least 4 members (excludes halogenated alkanes) is 12. The zero-order valence-corrected chi connectivity index (χ0v) is 32.0. The molecule has 2 nitrogen and oxygen atoms in total. The lowest BCUT2D eigenvalue weighted by Gasteiger charge is -2.14. The lowest BCUT2D eigenvalue weighted by Crippen LogP contribution is -2.16. The van der Waals surface area contributed by atoms with Crippen molar-refractivity contribution in [1.29, 1.82) is 0 Å². The second kappa shape index (κ2) is 38.8. The Kier molecular flexibility index (Phi) is 36.7. The van der Waals surface area contributed by atoms with Crippen LogP contribution < -0.4 is 0 Å². The minimum atomic E-state index is 0.168. The molecule has 270 valence electrons. The first-order valence-electron chi connectivity index (χ1n) is 19.8. The van der Waals surface area contributed by atoms with Crippen LogP contribution in [0.2, 0.25) is 0 Å². The highest BCUT2D eigenvalue weighted by molar-refractivity contribution is 5.81. The summed E-state index contributed by atoms with van der Waals surface area (Å²) >= 11 is 0. The van der Waals surface area contributed by atoms with Gasteiger partial charge in [0, 0.05) is 18.8 Å². The molecule has 0 aromatic rings. The minimum absolute atomic E-state index is 0.168. The highest BCUT2D eigenvalue weighted by atomic mass is 16.1. The second-order valence-corrected chi connectivity index (χ2v) is 13.3. The summed E-state index contributed by atoms with van der Waals surface area (Å²) in [4.78, 5) is 15.3. The number of Topliss-reactive ketones (excluding diaryl/α,β-unsaturated/α-hetero) is 1. The van der Waals surface area contributed by atoms with Crippen LogP contribution in [-0.4, -0.2) is 31.3 Å². The van der Waals surface area contributed by atoms with Gasteiger partial charge in [-0.2, -0.15) is 0 Å². The van der Waals surface area contributed by atoms with E-state index in [4.69, 9.17) is 0 Å². The summed E-state index contributed by atoms with van der Waals surface area (Å²) in [6, 6.07) is 0. The smallest absolute Gasteiger partial charge is 0.136 e. The number of carbonyl (C=O) groups is 1. The van der Waals surface area contributed by atoms with Crippen LogP contribution in [0, 0.1) is 17.8 Å². The predicted octanol–water partition coefficient (Wildman–Crippen LogP) is 13.6. The van der Waals surface area contributed by atoms with Crippen LogP contribution in [0.25, 0.3) is 0 Å². The maximum absolute atomic E-state index is 13.1. The maximum Gasteiger partial charge on any atom is 0.136 e. The Morgan fingerprint density at radius 2 is 1.19 bits per heavy atom. The molecule has 48 heavy (non-hydrogen) atoms. The highest BCUT2D eigenvalue weighted by Crippen LogP contribution is 2.18. The third kappa shape index (κ3) is 36.2. The summed E-state index contributed by atoms with van der Waals surface area (Å²) in [6.45, 7) is 5.33. The molecule has 0 saturated carbocycles. The summed E-state index contributed by atoms with van der Waals surface area (Å²) < 4.78 is 0. The Labute approximate surface area is 299 Å². The van der Waals surface area contributed by atoms with Crippen LogP contribution in [0.15, 0.2) is 85.1 Å². The number of rotatable bonds is 32. The van der Waals surface area contributed by atoms with Crippen molar-refractivity contribution < 1.29 is 4.79 Å². The van der Waals surface area contributed by atoms with Gasteiger partial charge in [-0.25, -0.2) is 0 Å². The molecule has 0 aliphatic heterocycles. The lowest BCUT2D eigenvalue weighted by molar-refractivity contribution is -0.123. The molecule has 0 aromatic heterocycles. The van der Waals surface area contributed by atoms with Gasteiger partial charge in [0.05, 0.1) is 0 Å². The Balaban J connectivity index is 4.21. The Morgan fingerprint density at radius 1 is 0.604 bits per heavy atom. The summed E-state index contributed by atoms with van der Waals surface area (Å²) in [5.74, 6) is 6.91. The number of carbonyl (C=O) groups excluding carboxylic acids is 1. The van der Waals surface area contributed by atoms with Crippen molar-refractivity contribution in [3.8, 4) is 11.8 Å². The van der Waals surface area contributed by atoms with Crippen LogP contribution in [0.5, 0.6) is 0 Å². The lowest BCUT2D eigenvalue weighted by atomic mass is 9.91.